The molecule has 124 valence electrons. The van der Waals surface area contributed by atoms with Crippen molar-refractivity contribution in [3.05, 3.63) is 35.4 Å². The first-order valence-corrected chi connectivity index (χ1v) is 8.58. The number of unbranched alkanes of at least 4 members (excludes halogenated alkanes) is 5. The molecule has 0 aliphatic heterocycles. The van der Waals surface area contributed by atoms with Gasteiger partial charge in [0.25, 0.3) is 0 Å². The molecule has 3 heteroatoms. The standard InChI is InChI=1S/C19H31NO2/c1-4-5-6-7-8-9-14-22-19(21)18(20)17-12-10-16(11-13-17)15(2)3/h10-13,15,18H,4-9,14,20H2,1-3H3/t18-/m1/s1. The normalized spacial score (nSPS) is 12.4. The Balaban J connectivity index is 2.29. The minimum Gasteiger partial charge on any atom is -0.464 e. The number of esters is 1. The largest absolute Gasteiger partial charge is 0.464 e. The topological polar surface area (TPSA) is 52.3 Å². The van der Waals surface area contributed by atoms with Gasteiger partial charge in [0.05, 0.1) is 6.61 Å². The zero-order valence-corrected chi connectivity index (χ0v) is 14.3. The van der Waals surface area contributed by atoms with Gasteiger partial charge in [-0.25, -0.2) is 4.79 Å². The van der Waals surface area contributed by atoms with Crippen LogP contribution in [0.3, 0.4) is 0 Å². The van der Waals surface area contributed by atoms with Crippen molar-refractivity contribution in [3.8, 4) is 0 Å². The second kappa shape index (κ2) is 10.4. The summed E-state index contributed by atoms with van der Waals surface area (Å²) >= 11 is 0. The highest BCUT2D eigenvalue weighted by Crippen LogP contribution is 2.18. The van der Waals surface area contributed by atoms with Crippen LogP contribution >= 0.6 is 0 Å². The van der Waals surface area contributed by atoms with Gasteiger partial charge in [-0.05, 0) is 23.5 Å². The highest BCUT2D eigenvalue weighted by molar-refractivity contribution is 5.77. The predicted octanol–water partition coefficient (Wildman–Crippen LogP) is 4.71. The van der Waals surface area contributed by atoms with Gasteiger partial charge in [0.15, 0.2) is 0 Å². The van der Waals surface area contributed by atoms with Gasteiger partial charge in [0.2, 0.25) is 0 Å². The van der Waals surface area contributed by atoms with Crippen molar-refractivity contribution in [1.29, 1.82) is 0 Å². The van der Waals surface area contributed by atoms with Crippen molar-refractivity contribution >= 4 is 5.97 Å². The first-order valence-electron chi connectivity index (χ1n) is 8.58. The lowest BCUT2D eigenvalue weighted by molar-refractivity contribution is -0.145. The molecule has 0 saturated heterocycles. The van der Waals surface area contributed by atoms with Gasteiger partial charge < -0.3 is 10.5 Å². The molecular formula is C19H31NO2. The zero-order valence-electron chi connectivity index (χ0n) is 14.3. The summed E-state index contributed by atoms with van der Waals surface area (Å²) in [6.07, 6.45) is 7.07. The summed E-state index contributed by atoms with van der Waals surface area (Å²) in [4.78, 5) is 12.0. The second-order valence-electron chi connectivity index (χ2n) is 6.23. The Morgan fingerprint density at radius 1 is 1.00 bits per heavy atom. The third-order valence-corrected chi connectivity index (χ3v) is 3.96. The van der Waals surface area contributed by atoms with E-state index < -0.39 is 6.04 Å². The number of benzene rings is 1. The molecule has 3 nitrogen and oxygen atoms in total. The lowest BCUT2D eigenvalue weighted by Crippen LogP contribution is -2.24. The van der Waals surface area contributed by atoms with Gasteiger partial charge in [-0.2, -0.15) is 0 Å². The van der Waals surface area contributed by atoms with Crippen molar-refractivity contribution in [3.63, 3.8) is 0 Å². The third-order valence-electron chi connectivity index (χ3n) is 3.96. The molecule has 0 fully saturated rings. The minimum absolute atomic E-state index is 0.328. The van der Waals surface area contributed by atoms with Crippen LogP contribution in [0, 0.1) is 0 Å². The molecule has 0 spiro atoms. The lowest BCUT2D eigenvalue weighted by Gasteiger charge is -2.13. The Morgan fingerprint density at radius 2 is 1.55 bits per heavy atom. The number of hydrogen-bond donors (Lipinski definition) is 1. The fraction of sp³-hybridized carbons (Fsp3) is 0.632. The molecule has 0 unspecified atom stereocenters. The summed E-state index contributed by atoms with van der Waals surface area (Å²) in [5.41, 5.74) is 8.03. The average Bonchev–Trinajstić information content (AvgIpc) is 2.53. The number of rotatable bonds is 10. The monoisotopic (exact) mass is 305 g/mol. The van der Waals surface area contributed by atoms with Gasteiger partial charge in [-0.1, -0.05) is 77.1 Å². The van der Waals surface area contributed by atoms with E-state index in [2.05, 4.69) is 20.8 Å². The van der Waals surface area contributed by atoms with Gasteiger partial charge in [-0.15, -0.1) is 0 Å². The van der Waals surface area contributed by atoms with Gasteiger partial charge >= 0.3 is 5.97 Å². The fourth-order valence-corrected chi connectivity index (χ4v) is 2.37. The molecule has 0 aromatic heterocycles. The molecule has 1 rings (SSSR count). The summed E-state index contributed by atoms with van der Waals surface area (Å²) in [5, 5.41) is 0. The number of ether oxygens (including phenoxy) is 1. The van der Waals surface area contributed by atoms with E-state index in [1.54, 1.807) is 0 Å². The van der Waals surface area contributed by atoms with Gasteiger partial charge in [0.1, 0.15) is 6.04 Å². The zero-order chi connectivity index (χ0) is 16.4. The summed E-state index contributed by atoms with van der Waals surface area (Å²) in [6.45, 7) is 6.97. The Bertz CT molecular complexity index is 426. The maximum absolute atomic E-state index is 12.0. The van der Waals surface area contributed by atoms with Crippen LogP contribution in [0.2, 0.25) is 0 Å². The highest BCUT2D eigenvalue weighted by Gasteiger charge is 2.17. The molecule has 0 aliphatic carbocycles. The van der Waals surface area contributed by atoms with Gasteiger partial charge in [0, 0.05) is 0 Å². The van der Waals surface area contributed by atoms with E-state index in [-0.39, 0.29) is 5.97 Å². The smallest absolute Gasteiger partial charge is 0.327 e. The summed E-state index contributed by atoms with van der Waals surface area (Å²) in [7, 11) is 0. The van der Waals surface area contributed by atoms with Crippen LogP contribution in [0.1, 0.15) is 82.4 Å². The SMILES string of the molecule is CCCCCCCCOC(=O)[C@H](N)c1ccc(C(C)C)cc1. The van der Waals surface area contributed by atoms with Crippen LogP contribution < -0.4 is 5.73 Å². The van der Waals surface area contributed by atoms with Crippen molar-refractivity contribution in [2.45, 2.75) is 71.3 Å². The van der Waals surface area contributed by atoms with Crippen LogP contribution in [0.15, 0.2) is 24.3 Å². The van der Waals surface area contributed by atoms with Crippen molar-refractivity contribution in [2.75, 3.05) is 6.61 Å². The number of carbonyl (C=O) groups is 1. The molecule has 0 aliphatic rings. The minimum atomic E-state index is -0.679. The number of carbonyl (C=O) groups excluding carboxylic acids is 1. The molecule has 0 amide bonds. The van der Waals surface area contributed by atoms with Crippen LogP contribution in [0.5, 0.6) is 0 Å². The summed E-state index contributed by atoms with van der Waals surface area (Å²) in [6, 6.07) is 7.22. The maximum Gasteiger partial charge on any atom is 0.327 e. The predicted molar refractivity (Wildman–Crippen MR) is 91.8 cm³/mol. The van der Waals surface area contributed by atoms with Crippen molar-refractivity contribution in [2.24, 2.45) is 5.73 Å². The Kier molecular flexibility index (Phi) is 8.83. The Morgan fingerprint density at radius 3 is 2.14 bits per heavy atom. The maximum atomic E-state index is 12.0. The second-order valence-corrected chi connectivity index (χ2v) is 6.23. The lowest BCUT2D eigenvalue weighted by atomic mass is 9.99. The molecular weight excluding hydrogens is 274 g/mol. The van der Waals surface area contributed by atoms with Crippen molar-refractivity contribution < 1.29 is 9.53 Å². The number of hydrogen-bond acceptors (Lipinski definition) is 3. The summed E-state index contributed by atoms with van der Waals surface area (Å²) < 4.78 is 5.28. The Labute approximate surface area is 135 Å². The quantitative estimate of drug-likeness (QED) is 0.503. The van der Waals surface area contributed by atoms with Crippen LogP contribution in [-0.2, 0) is 9.53 Å². The van der Waals surface area contributed by atoms with E-state index in [1.807, 2.05) is 24.3 Å². The van der Waals surface area contributed by atoms with E-state index in [0.717, 1.165) is 18.4 Å². The van der Waals surface area contributed by atoms with Crippen molar-refractivity contribution in [1.82, 2.24) is 0 Å². The average molecular weight is 305 g/mol. The van der Waals surface area contributed by atoms with E-state index in [9.17, 15) is 4.79 Å². The first kappa shape index (κ1) is 18.7. The molecule has 1 atom stereocenters. The Hall–Kier alpha value is -1.35. The van der Waals surface area contributed by atoms with Gasteiger partial charge in [-0.3, -0.25) is 0 Å². The molecule has 0 radical (unpaired) electrons. The molecule has 0 saturated carbocycles. The first-order chi connectivity index (χ1) is 10.6. The van der Waals surface area contributed by atoms with Crippen LogP contribution in [0.25, 0.3) is 0 Å². The highest BCUT2D eigenvalue weighted by atomic mass is 16.5. The molecule has 2 N–H and O–H groups in total. The van der Waals surface area contributed by atoms with E-state index in [0.29, 0.717) is 12.5 Å². The molecule has 1 aromatic rings. The van der Waals surface area contributed by atoms with E-state index in [1.165, 1.54) is 31.2 Å². The van der Waals surface area contributed by atoms with E-state index in [4.69, 9.17) is 10.5 Å². The van der Waals surface area contributed by atoms with Crippen LogP contribution in [-0.4, -0.2) is 12.6 Å². The fourth-order valence-electron chi connectivity index (χ4n) is 2.37. The molecule has 0 bridgehead atoms. The summed E-state index contributed by atoms with van der Waals surface area (Å²) in [5.74, 6) is 0.149. The molecule has 0 heterocycles. The molecule has 22 heavy (non-hydrogen) atoms. The molecule has 1 aromatic carbocycles. The third kappa shape index (κ3) is 6.61. The van der Waals surface area contributed by atoms with E-state index >= 15 is 0 Å². The van der Waals surface area contributed by atoms with Crippen LogP contribution in [0.4, 0.5) is 0 Å². The number of nitrogens with two attached hydrogens (primary N) is 1.